The lowest BCUT2D eigenvalue weighted by Crippen LogP contribution is -2.13. The van der Waals surface area contributed by atoms with E-state index in [-0.39, 0.29) is 0 Å². The van der Waals surface area contributed by atoms with Crippen LogP contribution in [-0.4, -0.2) is 15.0 Å². The molecule has 1 aliphatic rings. The number of rotatable bonds is 1. The maximum Gasteiger partial charge on any atom is 0.0892 e. The summed E-state index contributed by atoms with van der Waals surface area (Å²) in [6, 6.07) is 0. The van der Waals surface area contributed by atoms with E-state index in [1.807, 2.05) is 11.7 Å². The van der Waals surface area contributed by atoms with Crippen molar-refractivity contribution >= 4 is 0 Å². The maximum absolute atomic E-state index is 4.37. The van der Waals surface area contributed by atoms with Gasteiger partial charge in [0.1, 0.15) is 0 Å². The zero-order valence-electron chi connectivity index (χ0n) is 10.0. The SMILES string of the molecule is CC(C)C1CCCCCc2c1nnn2C. The van der Waals surface area contributed by atoms with Gasteiger partial charge in [-0.2, -0.15) is 0 Å². The van der Waals surface area contributed by atoms with Gasteiger partial charge in [0.05, 0.1) is 11.4 Å². The Morgan fingerprint density at radius 1 is 1.27 bits per heavy atom. The van der Waals surface area contributed by atoms with Crippen molar-refractivity contribution in [2.45, 2.75) is 51.9 Å². The monoisotopic (exact) mass is 207 g/mol. The van der Waals surface area contributed by atoms with Gasteiger partial charge in [0.15, 0.2) is 0 Å². The normalized spacial score (nSPS) is 22.3. The van der Waals surface area contributed by atoms with Crippen LogP contribution in [0.3, 0.4) is 0 Å². The van der Waals surface area contributed by atoms with E-state index < -0.39 is 0 Å². The second-order valence-corrected chi connectivity index (χ2v) is 4.99. The van der Waals surface area contributed by atoms with Crippen molar-refractivity contribution in [2.24, 2.45) is 13.0 Å². The molecule has 1 atom stereocenters. The number of aromatic nitrogens is 3. The summed E-state index contributed by atoms with van der Waals surface area (Å²) in [5, 5.41) is 8.55. The second-order valence-electron chi connectivity index (χ2n) is 4.99. The Morgan fingerprint density at radius 3 is 2.80 bits per heavy atom. The van der Waals surface area contributed by atoms with E-state index >= 15 is 0 Å². The van der Waals surface area contributed by atoms with Gasteiger partial charge < -0.3 is 0 Å². The largest absolute Gasteiger partial charge is 0.252 e. The number of nitrogens with zero attached hydrogens (tertiary/aromatic N) is 3. The van der Waals surface area contributed by atoms with E-state index in [9.17, 15) is 0 Å². The van der Waals surface area contributed by atoms with E-state index in [4.69, 9.17) is 0 Å². The van der Waals surface area contributed by atoms with Gasteiger partial charge in [0.2, 0.25) is 0 Å². The van der Waals surface area contributed by atoms with Gasteiger partial charge in [-0.1, -0.05) is 31.9 Å². The first-order valence-corrected chi connectivity index (χ1v) is 6.08. The molecule has 15 heavy (non-hydrogen) atoms. The van der Waals surface area contributed by atoms with E-state index in [0.717, 1.165) is 6.42 Å². The van der Waals surface area contributed by atoms with E-state index in [1.54, 1.807) is 0 Å². The Hall–Kier alpha value is -0.860. The van der Waals surface area contributed by atoms with Crippen LogP contribution in [0.4, 0.5) is 0 Å². The summed E-state index contributed by atoms with van der Waals surface area (Å²) in [5.74, 6) is 1.30. The third kappa shape index (κ3) is 2.06. The quantitative estimate of drug-likeness (QED) is 0.709. The summed E-state index contributed by atoms with van der Waals surface area (Å²) >= 11 is 0. The lowest BCUT2D eigenvalue weighted by molar-refractivity contribution is 0.422. The average molecular weight is 207 g/mol. The Balaban J connectivity index is 2.35. The van der Waals surface area contributed by atoms with Crippen molar-refractivity contribution < 1.29 is 0 Å². The first kappa shape index (κ1) is 10.7. The van der Waals surface area contributed by atoms with Crippen molar-refractivity contribution in [2.75, 3.05) is 0 Å². The molecular weight excluding hydrogens is 186 g/mol. The molecular formula is C12H21N3. The molecule has 0 spiro atoms. The predicted molar refractivity (Wildman–Crippen MR) is 60.8 cm³/mol. The average Bonchev–Trinajstić information content (AvgIpc) is 2.46. The minimum absolute atomic E-state index is 0.619. The summed E-state index contributed by atoms with van der Waals surface area (Å²) in [4.78, 5) is 0. The maximum atomic E-state index is 4.37. The summed E-state index contributed by atoms with van der Waals surface area (Å²) in [7, 11) is 2.02. The van der Waals surface area contributed by atoms with Crippen LogP contribution in [0.2, 0.25) is 0 Å². The van der Waals surface area contributed by atoms with Crippen molar-refractivity contribution in [3.63, 3.8) is 0 Å². The summed E-state index contributed by atoms with van der Waals surface area (Å²) < 4.78 is 1.97. The van der Waals surface area contributed by atoms with Gasteiger partial charge in [0.25, 0.3) is 0 Å². The van der Waals surface area contributed by atoms with E-state index in [1.165, 1.54) is 37.1 Å². The molecule has 2 rings (SSSR count). The van der Waals surface area contributed by atoms with Gasteiger partial charge in [-0.3, -0.25) is 4.68 Å². The standard InChI is InChI=1S/C12H21N3/c1-9(2)10-7-5-4-6-8-11-12(10)13-14-15(11)3/h9-10H,4-8H2,1-3H3. The van der Waals surface area contributed by atoms with Gasteiger partial charge in [-0.05, 0) is 25.2 Å². The van der Waals surface area contributed by atoms with Crippen molar-refractivity contribution in [1.29, 1.82) is 0 Å². The highest BCUT2D eigenvalue weighted by Gasteiger charge is 2.24. The van der Waals surface area contributed by atoms with Crippen LogP contribution >= 0.6 is 0 Å². The Bertz CT molecular complexity index is 328. The topological polar surface area (TPSA) is 30.7 Å². The highest BCUT2D eigenvalue weighted by Crippen LogP contribution is 2.33. The third-order valence-electron chi connectivity index (χ3n) is 3.56. The van der Waals surface area contributed by atoms with Gasteiger partial charge >= 0.3 is 0 Å². The van der Waals surface area contributed by atoms with Crippen LogP contribution < -0.4 is 0 Å². The fourth-order valence-corrected chi connectivity index (χ4v) is 2.59. The Labute approximate surface area is 91.9 Å². The predicted octanol–water partition coefficient (Wildman–Crippen LogP) is 2.67. The zero-order chi connectivity index (χ0) is 10.8. The molecule has 0 aliphatic heterocycles. The highest BCUT2D eigenvalue weighted by molar-refractivity contribution is 5.17. The molecule has 1 unspecified atom stereocenters. The molecule has 0 saturated heterocycles. The van der Waals surface area contributed by atoms with Crippen LogP contribution in [0.15, 0.2) is 0 Å². The van der Waals surface area contributed by atoms with Crippen molar-refractivity contribution in [1.82, 2.24) is 15.0 Å². The van der Waals surface area contributed by atoms with Gasteiger partial charge in [0, 0.05) is 13.0 Å². The highest BCUT2D eigenvalue weighted by atomic mass is 15.4. The number of hydrogen-bond acceptors (Lipinski definition) is 2. The molecule has 0 aromatic carbocycles. The second kappa shape index (κ2) is 4.33. The molecule has 0 amide bonds. The minimum Gasteiger partial charge on any atom is -0.252 e. The molecule has 0 N–H and O–H groups in total. The molecule has 1 aromatic rings. The van der Waals surface area contributed by atoms with Gasteiger partial charge in [-0.25, -0.2) is 0 Å². The number of fused-ring (bicyclic) bond motifs is 1. The van der Waals surface area contributed by atoms with Gasteiger partial charge in [-0.15, -0.1) is 5.10 Å². The van der Waals surface area contributed by atoms with E-state index in [2.05, 4.69) is 24.2 Å². The molecule has 1 aromatic heterocycles. The molecule has 0 fully saturated rings. The molecule has 3 nitrogen and oxygen atoms in total. The number of aryl methyl sites for hydroxylation is 1. The minimum atomic E-state index is 0.619. The Kier molecular flexibility index (Phi) is 3.08. The Morgan fingerprint density at radius 2 is 2.07 bits per heavy atom. The molecule has 84 valence electrons. The summed E-state index contributed by atoms with van der Waals surface area (Å²) in [6.07, 6.45) is 6.43. The van der Waals surface area contributed by atoms with Crippen LogP contribution in [0.25, 0.3) is 0 Å². The molecule has 1 heterocycles. The molecule has 3 heteroatoms. The zero-order valence-corrected chi connectivity index (χ0v) is 10.0. The smallest absolute Gasteiger partial charge is 0.0892 e. The lowest BCUT2D eigenvalue weighted by atomic mass is 9.84. The molecule has 1 aliphatic carbocycles. The van der Waals surface area contributed by atoms with E-state index in [0.29, 0.717) is 11.8 Å². The third-order valence-corrected chi connectivity index (χ3v) is 3.56. The first-order chi connectivity index (χ1) is 7.20. The van der Waals surface area contributed by atoms with Crippen molar-refractivity contribution in [3.8, 4) is 0 Å². The van der Waals surface area contributed by atoms with Crippen LogP contribution in [0, 0.1) is 5.92 Å². The summed E-state index contributed by atoms with van der Waals surface area (Å²) in [5.41, 5.74) is 2.64. The van der Waals surface area contributed by atoms with Crippen LogP contribution in [0.5, 0.6) is 0 Å². The lowest BCUT2D eigenvalue weighted by Gasteiger charge is -2.22. The van der Waals surface area contributed by atoms with Crippen molar-refractivity contribution in [3.05, 3.63) is 11.4 Å². The first-order valence-electron chi connectivity index (χ1n) is 6.08. The fraction of sp³-hybridized carbons (Fsp3) is 0.833. The number of hydrogen-bond donors (Lipinski definition) is 0. The molecule has 0 saturated carbocycles. The molecule has 0 bridgehead atoms. The molecule has 0 radical (unpaired) electrons. The summed E-state index contributed by atoms with van der Waals surface area (Å²) in [6.45, 7) is 4.59. The fourth-order valence-electron chi connectivity index (χ4n) is 2.59. The van der Waals surface area contributed by atoms with Crippen LogP contribution in [-0.2, 0) is 13.5 Å². The van der Waals surface area contributed by atoms with Crippen LogP contribution in [0.1, 0.15) is 56.8 Å².